The summed E-state index contributed by atoms with van der Waals surface area (Å²) in [6.45, 7) is 5.49. The monoisotopic (exact) mass is 249 g/mol. The van der Waals surface area contributed by atoms with Gasteiger partial charge in [-0.05, 0) is 25.2 Å². The lowest BCUT2D eigenvalue weighted by molar-refractivity contribution is 0.107. The molecule has 1 N–H and O–H groups in total. The predicted molar refractivity (Wildman–Crippen MR) is 70.0 cm³/mol. The van der Waals surface area contributed by atoms with Crippen molar-refractivity contribution >= 4 is 0 Å². The largest absolute Gasteiger partial charge is 0.311 e. The average Bonchev–Trinajstić information content (AvgIpc) is 3.15. The van der Waals surface area contributed by atoms with Gasteiger partial charge in [0.25, 0.3) is 0 Å². The van der Waals surface area contributed by atoms with Crippen LogP contribution in [0.4, 0.5) is 0 Å². The summed E-state index contributed by atoms with van der Waals surface area (Å²) in [5.41, 5.74) is 0. The van der Waals surface area contributed by atoms with E-state index in [9.17, 15) is 0 Å². The highest BCUT2D eigenvalue weighted by Crippen LogP contribution is 2.34. The van der Waals surface area contributed by atoms with Crippen LogP contribution in [-0.4, -0.2) is 44.8 Å². The summed E-state index contributed by atoms with van der Waals surface area (Å²) in [5.74, 6) is 2.00. The van der Waals surface area contributed by atoms with Crippen molar-refractivity contribution in [3.63, 3.8) is 0 Å². The van der Waals surface area contributed by atoms with Crippen molar-refractivity contribution in [3.05, 3.63) is 12.2 Å². The zero-order valence-electron chi connectivity index (χ0n) is 11.3. The van der Waals surface area contributed by atoms with E-state index in [4.69, 9.17) is 0 Å². The average molecular weight is 249 g/mol. The van der Waals surface area contributed by atoms with Crippen molar-refractivity contribution in [1.29, 1.82) is 0 Å². The number of hydrogen-bond acceptors (Lipinski definition) is 4. The van der Waals surface area contributed by atoms with E-state index in [1.807, 2.05) is 11.7 Å². The van der Waals surface area contributed by atoms with Crippen molar-refractivity contribution in [2.75, 3.05) is 13.1 Å². The van der Waals surface area contributed by atoms with Crippen LogP contribution in [0, 0.1) is 5.92 Å². The van der Waals surface area contributed by atoms with E-state index in [1.54, 1.807) is 6.33 Å². The van der Waals surface area contributed by atoms with Crippen LogP contribution in [0.15, 0.2) is 6.33 Å². The Morgan fingerprint density at radius 3 is 2.89 bits per heavy atom. The molecule has 2 atom stereocenters. The van der Waals surface area contributed by atoms with Gasteiger partial charge in [0.15, 0.2) is 0 Å². The second kappa shape index (κ2) is 4.97. The maximum Gasteiger partial charge on any atom is 0.140 e. The molecule has 0 spiro atoms. The van der Waals surface area contributed by atoms with Crippen LogP contribution in [-0.2, 0) is 13.6 Å². The molecule has 1 saturated heterocycles. The SMILES string of the molecule is CCC1CNC(C2CC2)CN1Cc1ncnn1C. The predicted octanol–water partition coefficient (Wildman–Crippen LogP) is 0.777. The van der Waals surface area contributed by atoms with Gasteiger partial charge in [-0.25, -0.2) is 4.98 Å². The molecule has 1 aliphatic heterocycles. The lowest BCUT2D eigenvalue weighted by Gasteiger charge is -2.40. The number of rotatable bonds is 4. The number of piperazine rings is 1. The first-order valence-electron chi connectivity index (χ1n) is 7.08. The Bertz CT molecular complexity index is 398. The topological polar surface area (TPSA) is 46.0 Å². The van der Waals surface area contributed by atoms with Crippen molar-refractivity contribution < 1.29 is 0 Å². The van der Waals surface area contributed by atoms with Crippen molar-refractivity contribution in [2.45, 2.75) is 44.8 Å². The van der Waals surface area contributed by atoms with E-state index >= 15 is 0 Å². The molecule has 5 nitrogen and oxygen atoms in total. The molecule has 1 saturated carbocycles. The first-order chi connectivity index (χ1) is 8.78. The third-order valence-corrected chi connectivity index (χ3v) is 4.38. The van der Waals surface area contributed by atoms with Crippen LogP contribution in [0.3, 0.4) is 0 Å². The van der Waals surface area contributed by atoms with Crippen molar-refractivity contribution in [2.24, 2.45) is 13.0 Å². The van der Waals surface area contributed by atoms with Gasteiger partial charge in [0.1, 0.15) is 12.2 Å². The molecule has 5 heteroatoms. The van der Waals surface area contributed by atoms with Gasteiger partial charge in [-0.2, -0.15) is 5.10 Å². The quantitative estimate of drug-likeness (QED) is 0.856. The Morgan fingerprint density at radius 2 is 2.28 bits per heavy atom. The normalized spacial score (nSPS) is 29.7. The lowest BCUT2D eigenvalue weighted by atomic mass is 10.0. The molecule has 2 fully saturated rings. The fourth-order valence-electron chi connectivity index (χ4n) is 2.94. The summed E-state index contributed by atoms with van der Waals surface area (Å²) < 4.78 is 1.89. The minimum Gasteiger partial charge on any atom is -0.311 e. The molecule has 0 aromatic carbocycles. The highest BCUT2D eigenvalue weighted by molar-refractivity contribution is 4.96. The molecular formula is C13H23N5. The number of nitrogens with one attached hydrogen (secondary N) is 1. The number of nitrogens with zero attached hydrogens (tertiary/aromatic N) is 4. The number of aryl methyl sites for hydroxylation is 1. The molecule has 0 amide bonds. The highest BCUT2D eigenvalue weighted by atomic mass is 15.3. The van der Waals surface area contributed by atoms with Gasteiger partial charge in [0, 0.05) is 32.2 Å². The van der Waals surface area contributed by atoms with Gasteiger partial charge < -0.3 is 5.32 Å². The lowest BCUT2D eigenvalue weighted by Crippen LogP contribution is -2.56. The molecule has 0 bridgehead atoms. The molecule has 18 heavy (non-hydrogen) atoms. The van der Waals surface area contributed by atoms with Crippen LogP contribution < -0.4 is 5.32 Å². The molecule has 2 aliphatic rings. The van der Waals surface area contributed by atoms with E-state index in [1.165, 1.54) is 19.3 Å². The first kappa shape index (κ1) is 12.1. The van der Waals surface area contributed by atoms with E-state index < -0.39 is 0 Å². The molecule has 1 aromatic rings. The summed E-state index contributed by atoms with van der Waals surface area (Å²) in [5, 5.41) is 7.88. The Balaban J connectivity index is 1.67. The Labute approximate surface area is 109 Å². The number of hydrogen-bond donors (Lipinski definition) is 1. The summed E-state index contributed by atoms with van der Waals surface area (Å²) in [4.78, 5) is 6.94. The summed E-state index contributed by atoms with van der Waals surface area (Å²) in [6, 6.07) is 1.33. The second-order valence-corrected chi connectivity index (χ2v) is 5.64. The molecule has 0 radical (unpaired) electrons. The van der Waals surface area contributed by atoms with Gasteiger partial charge in [0.05, 0.1) is 6.54 Å². The smallest absolute Gasteiger partial charge is 0.140 e. The molecule has 3 rings (SSSR count). The highest BCUT2D eigenvalue weighted by Gasteiger charge is 2.36. The Hall–Kier alpha value is -0.940. The van der Waals surface area contributed by atoms with Gasteiger partial charge in [0.2, 0.25) is 0 Å². The van der Waals surface area contributed by atoms with Crippen LogP contribution >= 0.6 is 0 Å². The molecule has 1 aliphatic carbocycles. The molecule has 2 heterocycles. The van der Waals surface area contributed by atoms with Crippen LogP contribution in [0.25, 0.3) is 0 Å². The van der Waals surface area contributed by atoms with E-state index in [-0.39, 0.29) is 0 Å². The standard InChI is InChI=1S/C13H23N5/c1-3-11-6-14-12(10-4-5-10)7-18(11)8-13-15-9-16-17(13)2/h9-12,14H,3-8H2,1-2H3. The maximum absolute atomic E-state index is 4.35. The Kier molecular flexibility index (Phi) is 3.35. The summed E-state index contributed by atoms with van der Waals surface area (Å²) in [7, 11) is 1.98. The zero-order chi connectivity index (χ0) is 12.5. The molecule has 100 valence electrons. The van der Waals surface area contributed by atoms with Crippen molar-refractivity contribution in [1.82, 2.24) is 25.0 Å². The third-order valence-electron chi connectivity index (χ3n) is 4.38. The maximum atomic E-state index is 4.35. The fourth-order valence-corrected chi connectivity index (χ4v) is 2.94. The zero-order valence-corrected chi connectivity index (χ0v) is 11.3. The van der Waals surface area contributed by atoms with Gasteiger partial charge >= 0.3 is 0 Å². The van der Waals surface area contributed by atoms with Gasteiger partial charge in [-0.3, -0.25) is 9.58 Å². The Morgan fingerprint density at radius 1 is 1.44 bits per heavy atom. The summed E-state index contributed by atoms with van der Waals surface area (Å²) >= 11 is 0. The van der Waals surface area contributed by atoms with Gasteiger partial charge in [-0.15, -0.1) is 0 Å². The minimum atomic E-state index is 0.636. The van der Waals surface area contributed by atoms with Crippen LogP contribution in [0.5, 0.6) is 0 Å². The first-order valence-corrected chi connectivity index (χ1v) is 7.08. The summed E-state index contributed by atoms with van der Waals surface area (Å²) in [6.07, 6.45) is 5.66. The van der Waals surface area contributed by atoms with E-state index in [2.05, 4.69) is 27.2 Å². The van der Waals surface area contributed by atoms with Crippen LogP contribution in [0.1, 0.15) is 32.0 Å². The second-order valence-electron chi connectivity index (χ2n) is 5.64. The van der Waals surface area contributed by atoms with Crippen LogP contribution in [0.2, 0.25) is 0 Å². The van der Waals surface area contributed by atoms with Gasteiger partial charge in [-0.1, -0.05) is 6.92 Å². The molecule has 2 unspecified atom stereocenters. The third kappa shape index (κ3) is 2.42. The molecular weight excluding hydrogens is 226 g/mol. The van der Waals surface area contributed by atoms with E-state index in [0.717, 1.165) is 31.4 Å². The fraction of sp³-hybridized carbons (Fsp3) is 0.846. The minimum absolute atomic E-state index is 0.636. The molecule has 1 aromatic heterocycles. The van der Waals surface area contributed by atoms with E-state index in [0.29, 0.717) is 12.1 Å². The number of aromatic nitrogens is 3. The van der Waals surface area contributed by atoms with Crippen molar-refractivity contribution in [3.8, 4) is 0 Å².